The summed E-state index contributed by atoms with van der Waals surface area (Å²) in [5.74, 6) is -0.776. The minimum atomic E-state index is -0.776. The molecule has 0 atom stereocenters. The van der Waals surface area contributed by atoms with E-state index in [1.54, 1.807) is 13.8 Å². The molecule has 1 aromatic heterocycles. The maximum Gasteiger partial charge on any atom is 0.309 e. The largest absolute Gasteiger partial charge is 0.481 e. The van der Waals surface area contributed by atoms with Gasteiger partial charge in [0.05, 0.1) is 11.0 Å². The van der Waals surface area contributed by atoms with Gasteiger partial charge in [-0.3, -0.25) is 4.79 Å². The summed E-state index contributed by atoms with van der Waals surface area (Å²) in [6.07, 6.45) is 0.582. The maximum absolute atomic E-state index is 10.9. The Kier molecular flexibility index (Phi) is 4.67. The average Bonchev–Trinajstić information content (AvgIpc) is 2.72. The van der Waals surface area contributed by atoms with Gasteiger partial charge in [0, 0.05) is 16.8 Å². The Balaban J connectivity index is 2.30. The van der Waals surface area contributed by atoms with Crippen LogP contribution in [-0.2, 0) is 11.3 Å². The number of nitrogens with one attached hydrogen (secondary N) is 1. The number of rotatable bonds is 6. The number of carbonyl (C=O) groups is 1. The topological polar surface area (TPSA) is 73.1 Å². The van der Waals surface area contributed by atoms with Crippen molar-refractivity contribution >= 4 is 17.3 Å². The van der Waals surface area contributed by atoms with Gasteiger partial charge in [-0.25, -0.2) is 0 Å². The van der Waals surface area contributed by atoms with Crippen LogP contribution in [0.3, 0.4) is 0 Å². The molecule has 0 unspecified atom stereocenters. The number of hydrogen-bond donors (Lipinski definition) is 2. The van der Waals surface area contributed by atoms with Gasteiger partial charge in [-0.2, -0.15) is 5.26 Å². The lowest BCUT2D eigenvalue weighted by Gasteiger charge is -2.18. The molecule has 17 heavy (non-hydrogen) atoms. The highest BCUT2D eigenvalue weighted by atomic mass is 32.1. The van der Waals surface area contributed by atoms with Crippen LogP contribution in [0.4, 0.5) is 0 Å². The van der Waals surface area contributed by atoms with Gasteiger partial charge in [0.1, 0.15) is 6.07 Å². The number of carboxylic acids is 1. The lowest BCUT2D eigenvalue weighted by Crippen LogP contribution is -2.28. The highest BCUT2D eigenvalue weighted by Gasteiger charge is 2.25. The molecule has 5 heteroatoms. The molecule has 1 rings (SSSR count). The van der Waals surface area contributed by atoms with Crippen LogP contribution in [-0.4, -0.2) is 17.6 Å². The van der Waals surface area contributed by atoms with Gasteiger partial charge >= 0.3 is 5.97 Å². The second-order valence-electron chi connectivity index (χ2n) is 4.53. The van der Waals surface area contributed by atoms with Gasteiger partial charge in [-0.1, -0.05) is 0 Å². The Hall–Kier alpha value is -1.38. The van der Waals surface area contributed by atoms with Crippen molar-refractivity contribution in [1.82, 2.24) is 5.32 Å². The van der Waals surface area contributed by atoms with E-state index in [-0.39, 0.29) is 0 Å². The van der Waals surface area contributed by atoms with E-state index in [0.717, 1.165) is 4.88 Å². The highest BCUT2D eigenvalue weighted by Crippen LogP contribution is 2.19. The fraction of sp³-hybridized carbons (Fsp3) is 0.500. The first-order valence-electron chi connectivity index (χ1n) is 5.37. The van der Waals surface area contributed by atoms with Crippen molar-refractivity contribution in [2.24, 2.45) is 5.41 Å². The van der Waals surface area contributed by atoms with Crippen molar-refractivity contribution in [3.63, 3.8) is 0 Å². The van der Waals surface area contributed by atoms with E-state index in [1.165, 1.54) is 11.3 Å². The SMILES string of the molecule is CC(C)(CCNCc1cc(C#N)cs1)C(=O)O. The molecule has 2 N–H and O–H groups in total. The quantitative estimate of drug-likeness (QED) is 0.761. The predicted octanol–water partition coefficient (Wildman–Crippen LogP) is 2.21. The summed E-state index contributed by atoms with van der Waals surface area (Å²) >= 11 is 1.54. The lowest BCUT2D eigenvalue weighted by atomic mass is 9.90. The smallest absolute Gasteiger partial charge is 0.309 e. The fourth-order valence-corrected chi connectivity index (χ4v) is 2.03. The molecule has 4 nitrogen and oxygen atoms in total. The summed E-state index contributed by atoms with van der Waals surface area (Å²) in [7, 11) is 0. The van der Waals surface area contributed by atoms with E-state index in [2.05, 4.69) is 11.4 Å². The van der Waals surface area contributed by atoms with Crippen molar-refractivity contribution in [3.8, 4) is 6.07 Å². The Bertz CT molecular complexity index is 432. The Labute approximate surface area is 105 Å². The molecule has 0 aliphatic heterocycles. The third-order valence-corrected chi connectivity index (χ3v) is 3.52. The van der Waals surface area contributed by atoms with Gasteiger partial charge in [0.15, 0.2) is 0 Å². The van der Waals surface area contributed by atoms with Gasteiger partial charge in [-0.05, 0) is 32.9 Å². The normalized spacial score (nSPS) is 11.1. The second-order valence-corrected chi connectivity index (χ2v) is 5.53. The first kappa shape index (κ1) is 13.7. The monoisotopic (exact) mass is 252 g/mol. The molecule has 0 aromatic carbocycles. The standard InChI is InChI=1S/C12H16N2O2S/c1-12(2,11(15)16)3-4-14-7-10-5-9(6-13)8-17-10/h5,8,14H,3-4,7H2,1-2H3,(H,15,16). The van der Waals surface area contributed by atoms with Gasteiger partial charge in [-0.15, -0.1) is 11.3 Å². The Morgan fingerprint density at radius 2 is 2.35 bits per heavy atom. The molecule has 1 aromatic rings. The third-order valence-electron chi connectivity index (χ3n) is 2.59. The van der Waals surface area contributed by atoms with Crippen LogP contribution in [0.2, 0.25) is 0 Å². The molecule has 0 bridgehead atoms. The molecule has 0 aliphatic carbocycles. The molecule has 0 aliphatic rings. The van der Waals surface area contributed by atoms with Crippen LogP contribution in [0.15, 0.2) is 11.4 Å². The number of hydrogen-bond acceptors (Lipinski definition) is 4. The average molecular weight is 252 g/mol. The van der Waals surface area contributed by atoms with E-state index in [0.29, 0.717) is 25.1 Å². The van der Waals surface area contributed by atoms with Crippen LogP contribution >= 0.6 is 11.3 Å². The van der Waals surface area contributed by atoms with E-state index in [1.807, 2.05) is 11.4 Å². The zero-order chi connectivity index (χ0) is 12.9. The van der Waals surface area contributed by atoms with E-state index in [4.69, 9.17) is 10.4 Å². The molecular formula is C12H16N2O2S. The van der Waals surface area contributed by atoms with Crippen LogP contribution in [0.25, 0.3) is 0 Å². The minimum absolute atomic E-state index is 0.582. The highest BCUT2D eigenvalue weighted by molar-refractivity contribution is 7.10. The Morgan fingerprint density at radius 3 is 2.88 bits per heavy atom. The van der Waals surface area contributed by atoms with Crippen LogP contribution in [0, 0.1) is 16.7 Å². The number of nitrogens with zero attached hydrogens (tertiary/aromatic N) is 1. The summed E-state index contributed by atoms with van der Waals surface area (Å²) in [4.78, 5) is 12.0. The van der Waals surface area contributed by atoms with Gasteiger partial charge in [0.25, 0.3) is 0 Å². The maximum atomic E-state index is 10.9. The number of carboxylic acid groups (broad SMARTS) is 1. The van der Waals surface area contributed by atoms with Crippen molar-refractivity contribution in [1.29, 1.82) is 5.26 Å². The van der Waals surface area contributed by atoms with Crippen molar-refractivity contribution < 1.29 is 9.90 Å². The van der Waals surface area contributed by atoms with Crippen LogP contribution in [0.5, 0.6) is 0 Å². The van der Waals surface area contributed by atoms with E-state index < -0.39 is 11.4 Å². The van der Waals surface area contributed by atoms with Crippen LogP contribution in [0.1, 0.15) is 30.7 Å². The molecule has 0 amide bonds. The number of thiophene rings is 1. The fourth-order valence-electron chi connectivity index (χ4n) is 1.25. The first-order valence-corrected chi connectivity index (χ1v) is 6.25. The van der Waals surface area contributed by atoms with Crippen molar-refractivity contribution in [3.05, 3.63) is 21.9 Å². The van der Waals surface area contributed by atoms with E-state index in [9.17, 15) is 4.79 Å². The number of nitriles is 1. The summed E-state index contributed by atoms with van der Waals surface area (Å²) in [5, 5.41) is 22.6. The molecular weight excluding hydrogens is 236 g/mol. The first-order chi connectivity index (χ1) is 7.95. The van der Waals surface area contributed by atoms with Crippen LogP contribution < -0.4 is 5.32 Å². The lowest BCUT2D eigenvalue weighted by molar-refractivity contribution is -0.147. The van der Waals surface area contributed by atoms with Gasteiger partial charge < -0.3 is 10.4 Å². The molecule has 0 fully saturated rings. The zero-order valence-corrected chi connectivity index (χ0v) is 10.8. The second kappa shape index (κ2) is 5.80. The molecule has 0 saturated heterocycles. The number of aliphatic carboxylic acids is 1. The van der Waals surface area contributed by atoms with Gasteiger partial charge in [0.2, 0.25) is 0 Å². The van der Waals surface area contributed by atoms with Crippen molar-refractivity contribution in [2.45, 2.75) is 26.8 Å². The van der Waals surface area contributed by atoms with Crippen molar-refractivity contribution in [2.75, 3.05) is 6.54 Å². The minimum Gasteiger partial charge on any atom is -0.481 e. The summed E-state index contributed by atoms with van der Waals surface area (Å²) < 4.78 is 0. The molecule has 0 spiro atoms. The summed E-state index contributed by atoms with van der Waals surface area (Å²) in [6, 6.07) is 3.93. The molecule has 1 heterocycles. The molecule has 0 saturated carbocycles. The molecule has 92 valence electrons. The summed E-state index contributed by atoms with van der Waals surface area (Å²) in [5.41, 5.74) is -0.0158. The van der Waals surface area contributed by atoms with E-state index >= 15 is 0 Å². The Morgan fingerprint density at radius 1 is 1.65 bits per heavy atom. The predicted molar refractivity (Wildman–Crippen MR) is 66.8 cm³/mol. The third kappa shape index (κ3) is 4.17. The zero-order valence-electron chi connectivity index (χ0n) is 9.99. The molecule has 0 radical (unpaired) electrons. The summed E-state index contributed by atoms with van der Waals surface area (Å²) in [6.45, 7) is 4.77.